The predicted octanol–water partition coefficient (Wildman–Crippen LogP) is 2.06. The molecular formula is C16H12N6O2S. The van der Waals surface area contributed by atoms with Gasteiger partial charge in [0.1, 0.15) is 17.1 Å². The highest BCUT2D eigenvalue weighted by atomic mass is 32.2. The summed E-state index contributed by atoms with van der Waals surface area (Å²) in [4.78, 5) is 13.3. The smallest absolute Gasteiger partial charge is 0.284 e. The molecule has 0 aliphatic carbocycles. The minimum absolute atomic E-state index is 0.141. The number of hydrogen-bond donors (Lipinski definition) is 1. The van der Waals surface area contributed by atoms with Crippen molar-refractivity contribution >= 4 is 28.3 Å². The molecule has 0 atom stereocenters. The lowest BCUT2D eigenvalue weighted by Crippen LogP contribution is -2.15. The monoisotopic (exact) mass is 352 g/mol. The first kappa shape index (κ1) is 15.3. The second kappa shape index (κ2) is 5.68. The Morgan fingerprint density at radius 3 is 2.72 bits per heavy atom. The zero-order chi connectivity index (χ0) is 17.6. The number of thioether (sulfide) groups is 1. The number of fused-ring (bicyclic) bond motifs is 2. The Morgan fingerprint density at radius 1 is 1.28 bits per heavy atom. The Kier molecular flexibility index (Phi) is 3.47. The van der Waals surface area contributed by atoms with Crippen molar-refractivity contribution in [2.45, 2.75) is 12.1 Å². The van der Waals surface area contributed by atoms with Gasteiger partial charge in [-0.1, -0.05) is 36.9 Å². The number of hydrogen-bond acceptors (Lipinski definition) is 6. The molecule has 3 aromatic heterocycles. The third kappa shape index (κ3) is 2.19. The molecule has 0 spiro atoms. The summed E-state index contributed by atoms with van der Waals surface area (Å²) in [6.07, 6.45) is 1.18. The van der Waals surface area contributed by atoms with Gasteiger partial charge in [0.15, 0.2) is 10.8 Å². The molecule has 0 aliphatic heterocycles. The Balaban J connectivity index is 2.25. The van der Waals surface area contributed by atoms with Gasteiger partial charge < -0.3 is 5.21 Å². The van der Waals surface area contributed by atoms with Gasteiger partial charge in [0.05, 0.1) is 11.6 Å². The summed E-state index contributed by atoms with van der Waals surface area (Å²) in [5.74, 6) is 0.757. The largest absolute Gasteiger partial charge is 0.412 e. The highest BCUT2D eigenvalue weighted by Crippen LogP contribution is 2.27. The van der Waals surface area contributed by atoms with Gasteiger partial charge in [-0.25, -0.2) is 0 Å². The van der Waals surface area contributed by atoms with E-state index in [1.54, 1.807) is 4.57 Å². The standard InChI is InChI=1S/C16H12N6O2S/c1-2-25-16-19-22-14(21(16)10-6-4-3-5-7-10)11(8-17)13-12(15(22)23)9-20(24)18-13/h3-7,9,24H,2H2,1H3. The summed E-state index contributed by atoms with van der Waals surface area (Å²) in [5.41, 5.74) is 1.02. The number of pyridine rings is 1. The quantitative estimate of drug-likeness (QED) is 0.447. The van der Waals surface area contributed by atoms with Gasteiger partial charge in [-0.05, 0) is 17.9 Å². The molecule has 0 bridgehead atoms. The molecule has 0 radical (unpaired) electrons. The summed E-state index contributed by atoms with van der Waals surface area (Å²) < 4.78 is 2.97. The first-order valence-corrected chi connectivity index (χ1v) is 8.49. The van der Waals surface area contributed by atoms with Crippen LogP contribution >= 0.6 is 11.8 Å². The number of nitrogens with zero attached hydrogens (tertiary/aromatic N) is 6. The van der Waals surface area contributed by atoms with Crippen LogP contribution in [0.1, 0.15) is 12.5 Å². The summed E-state index contributed by atoms with van der Waals surface area (Å²) in [6.45, 7) is 1.99. The van der Waals surface area contributed by atoms with Gasteiger partial charge in [0.2, 0.25) is 0 Å². The van der Waals surface area contributed by atoms with E-state index in [-0.39, 0.29) is 16.5 Å². The molecule has 0 saturated carbocycles. The van der Waals surface area contributed by atoms with E-state index in [9.17, 15) is 15.3 Å². The van der Waals surface area contributed by atoms with Gasteiger partial charge in [0.25, 0.3) is 5.56 Å². The fraction of sp³-hybridized carbons (Fsp3) is 0.125. The Bertz CT molecular complexity index is 1200. The molecule has 1 N–H and O–H groups in total. The zero-order valence-corrected chi connectivity index (χ0v) is 13.9. The maximum Gasteiger partial charge on any atom is 0.284 e. The molecule has 8 nitrogen and oxygen atoms in total. The van der Waals surface area contributed by atoms with Gasteiger partial charge in [-0.2, -0.15) is 9.78 Å². The third-order valence-corrected chi connectivity index (χ3v) is 4.59. The Morgan fingerprint density at radius 2 is 2.04 bits per heavy atom. The molecule has 0 amide bonds. The van der Waals surface area contributed by atoms with E-state index in [4.69, 9.17) is 0 Å². The van der Waals surface area contributed by atoms with Crippen LogP contribution in [-0.2, 0) is 0 Å². The van der Waals surface area contributed by atoms with E-state index < -0.39 is 5.56 Å². The molecule has 0 unspecified atom stereocenters. The first-order valence-electron chi connectivity index (χ1n) is 7.50. The SMILES string of the molecule is CCSc1nn2c(=O)c3cn(O)nc3c(C#N)c2n1-c1ccccc1. The number of aromatic nitrogens is 5. The maximum atomic E-state index is 12.8. The molecule has 4 aromatic rings. The normalized spacial score (nSPS) is 11.2. The van der Waals surface area contributed by atoms with Gasteiger partial charge in [-0.3, -0.25) is 9.36 Å². The second-order valence-corrected chi connectivity index (χ2v) is 6.46. The molecule has 9 heteroatoms. The van der Waals surface area contributed by atoms with Crippen LogP contribution in [0.4, 0.5) is 0 Å². The number of rotatable bonds is 3. The van der Waals surface area contributed by atoms with Crippen LogP contribution in [0.25, 0.3) is 22.2 Å². The Labute approximate surface area is 145 Å². The van der Waals surface area contributed by atoms with Crippen molar-refractivity contribution in [3.8, 4) is 11.8 Å². The van der Waals surface area contributed by atoms with Crippen LogP contribution in [0.5, 0.6) is 0 Å². The molecule has 124 valence electrons. The molecule has 1 aromatic carbocycles. The lowest BCUT2D eigenvalue weighted by Gasteiger charge is -2.07. The van der Waals surface area contributed by atoms with Crippen LogP contribution in [0.15, 0.2) is 46.5 Å². The summed E-state index contributed by atoms with van der Waals surface area (Å²) in [6, 6.07) is 11.5. The zero-order valence-electron chi connectivity index (χ0n) is 13.1. The summed E-state index contributed by atoms with van der Waals surface area (Å²) in [5, 5.41) is 28.3. The van der Waals surface area contributed by atoms with Crippen molar-refractivity contribution in [3.05, 3.63) is 52.4 Å². The van der Waals surface area contributed by atoms with E-state index in [1.807, 2.05) is 37.3 Å². The number of benzene rings is 1. The topological polar surface area (TPSA) is 101 Å². The summed E-state index contributed by atoms with van der Waals surface area (Å²) >= 11 is 1.47. The van der Waals surface area contributed by atoms with Crippen molar-refractivity contribution in [1.82, 2.24) is 24.1 Å². The van der Waals surface area contributed by atoms with Crippen LogP contribution in [-0.4, -0.2) is 35.1 Å². The van der Waals surface area contributed by atoms with Crippen LogP contribution in [0.3, 0.4) is 0 Å². The average molecular weight is 352 g/mol. The molecule has 4 rings (SSSR count). The fourth-order valence-corrected chi connectivity index (χ4v) is 3.50. The van der Waals surface area contributed by atoms with Crippen LogP contribution < -0.4 is 5.56 Å². The van der Waals surface area contributed by atoms with Crippen molar-refractivity contribution < 1.29 is 5.21 Å². The highest BCUT2D eigenvalue weighted by Gasteiger charge is 2.23. The minimum Gasteiger partial charge on any atom is -0.412 e. The predicted molar refractivity (Wildman–Crippen MR) is 92.4 cm³/mol. The number of nitriles is 1. The van der Waals surface area contributed by atoms with E-state index in [2.05, 4.69) is 16.3 Å². The Hall–Kier alpha value is -3.25. The van der Waals surface area contributed by atoms with E-state index in [1.165, 1.54) is 22.5 Å². The minimum atomic E-state index is -0.433. The summed E-state index contributed by atoms with van der Waals surface area (Å²) in [7, 11) is 0. The van der Waals surface area contributed by atoms with Gasteiger partial charge in [0, 0.05) is 5.69 Å². The van der Waals surface area contributed by atoms with E-state index in [0.717, 1.165) is 11.4 Å². The average Bonchev–Trinajstić information content (AvgIpc) is 3.18. The van der Waals surface area contributed by atoms with E-state index in [0.29, 0.717) is 15.6 Å². The van der Waals surface area contributed by atoms with Gasteiger partial charge in [-0.15, -0.1) is 15.0 Å². The van der Waals surface area contributed by atoms with Crippen molar-refractivity contribution in [2.24, 2.45) is 0 Å². The lowest BCUT2D eigenvalue weighted by molar-refractivity contribution is 0.151. The third-order valence-electron chi connectivity index (χ3n) is 3.77. The van der Waals surface area contributed by atoms with Crippen molar-refractivity contribution in [1.29, 1.82) is 5.26 Å². The molecule has 25 heavy (non-hydrogen) atoms. The van der Waals surface area contributed by atoms with Crippen molar-refractivity contribution in [2.75, 3.05) is 5.75 Å². The lowest BCUT2D eigenvalue weighted by atomic mass is 10.2. The first-order chi connectivity index (χ1) is 12.2. The molecule has 3 heterocycles. The van der Waals surface area contributed by atoms with Gasteiger partial charge >= 0.3 is 0 Å². The molecule has 0 saturated heterocycles. The second-order valence-electron chi connectivity index (χ2n) is 5.23. The number of para-hydroxylation sites is 1. The highest BCUT2D eigenvalue weighted by molar-refractivity contribution is 7.99. The van der Waals surface area contributed by atoms with Crippen LogP contribution in [0.2, 0.25) is 0 Å². The molecule has 0 aliphatic rings. The maximum absolute atomic E-state index is 12.8. The molecule has 0 fully saturated rings. The van der Waals surface area contributed by atoms with E-state index >= 15 is 0 Å². The van der Waals surface area contributed by atoms with Crippen LogP contribution in [0, 0.1) is 11.3 Å². The van der Waals surface area contributed by atoms with Crippen molar-refractivity contribution in [3.63, 3.8) is 0 Å². The molecular weight excluding hydrogens is 340 g/mol. The fourth-order valence-electron chi connectivity index (χ4n) is 2.78.